The molecule has 0 radical (unpaired) electrons. The lowest BCUT2D eigenvalue weighted by molar-refractivity contribution is -0.140. The van der Waals surface area contributed by atoms with Crippen molar-refractivity contribution in [2.45, 2.75) is 18.4 Å². The largest absolute Gasteiger partial charge is 0.459 e. The summed E-state index contributed by atoms with van der Waals surface area (Å²) in [6, 6.07) is 11.0. The Kier molecular flexibility index (Phi) is 7.64. The predicted molar refractivity (Wildman–Crippen MR) is 139 cm³/mol. The number of ether oxygens (including phenoxy) is 1. The van der Waals surface area contributed by atoms with Crippen LogP contribution >= 0.6 is 23.2 Å². The van der Waals surface area contributed by atoms with Gasteiger partial charge in [-0.3, -0.25) is 14.4 Å². The van der Waals surface area contributed by atoms with Gasteiger partial charge in [0.05, 0.1) is 6.26 Å². The van der Waals surface area contributed by atoms with Crippen molar-refractivity contribution >= 4 is 40.9 Å². The smallest absolute Gasteiger partial charge is 0.290 e. The van der Waals surface area contributed by atoms with Crippen molar-refractivity contribution in [2.24, 2.45) is 0 Å². The summed E-state index contributed by atoms with van der Waals surface area (Å²) in [7, 11) is 0. The molecule has 0 aliphatic carbocycles. The van der Waals surface area contributed by atoms with Crippen molar-refractivity contribution < 1.29 is 28.0 Å². The van der Waals surface area contributed by atoms with Crippen LogP contribution in [0.25, 0.3) is 0 Å². The van der Waals surface area contributed by atoms with Crippen LogP contribution in [0.5, 0.6) is 11.7 Å². The van der Waals surface area contributed by atoms with E-state index in [0.29, 0.717) is 67.9 Å². The maximum atomic E-state index is 13.7. The number of hydrogen-bond donors (Lipinski definition) is 2. The van der Waals surface area contributed by atoms with Crippen molar-refractivity contribution in [3.63, 3.8) is 0 Å². The fourth-order valence-electron chi connectivity index (χ4n) is 4.70. The van der Waals surface area contributed by atoms with Gasteiger partial charge in [0.2, 0.25) is 5.91 Å². The van der Waals surface area contributed by atoms with Gasteiger partial charge in [0.1, 0.15) is 11.3 Å². The second kappa shape index (κ2) is 11.1. The van der Waals surface area contributed by atoms with Crippen LogP contribution in [0.4, 0.5) is 0 Å². The van der Waals surface area contributed by atoms with Gasteiger partial charge >= 0.3 is 0 Å². The van der Waals surface area contributed by atoms with E-state index >= 15 is 0 Å². The number of hydrogen-bond acceptors (Lipinski definition) is 7. The summed E-state index contributed by atoms with van der Waals surface area (Å²) in [6.45, 7) is 2.62. The minimum Gasteiger partial charge on any atom is -0.459 e. The van der Waals surface area contributed by atoms with Crippen LogP contribution in [0.1, 0.15) is 34.0 Å². The summed E-state index contributed by atoms with van der Waals surface area (Å²) < 4.78 is 16.5. The molecule has 10 nitrogen and oxygen atoms in total. The highest BCUT2D eigenvalue weighted by Crippen LogP contribution is 2.30. The monoisotopic (exact) mass is 560 g/mol. The topological polar surface area (TPSA) is 117 Å². The molecule has 12 heteroatoms. The Hall–Kier alpha value is -3.47. The minimum absolute atomic E-state index is 0.00713. The molecule has 0 spiro atoms. The van der Waals surface area contributed by atoms with Gasteiger partial charge in [-0.2, -0.15) is 0 Å². The van der Waals surface area contributed by atoms with Gasteiger partial charge in [0.15, 0.2) is 11.5 Å². The molecule has 0 saturated carbocycles. The van der Waals surface area contributed by atoms with Gasteiger partial charge in [0, 0.05) is 42.3 Å². The van der Waals surface area contributed by atoms with E-state index in [9.17, 15) is 14.4 Å². The Labute approximate surface area is 228 Å². The van der Waals surface area contributed by atoms with Crippen molar-refractivity contribution in [1.82, 2.24) is 20.4 Å². The zero-order chi connectivity index (χ0) is 26.7. The first-order valence-electron chi connectivity index (χ1n) is 12.2. The number of carbonyl (C=O) groups is 3. The molecule has 0 bridgehead atoms. The molecule has 3 aromatic rings. The van der Waals surface area contributed by atoms with E-state index < -0.39 is 11.4 Å². The molecule has 4 heterocycles. The van der Waals surface area contributed by atoms with E-state index in [4.69, 9.17) is 36.8 Å². The summed E-state index contributed by atoms with van der Waals surface area (Å²) >= 11 is 12.0. The first kappa shape index (κ1) is 26.1. The summed E-state index contributed by atoms with van der Waals surface area (Å²) in [4.78, 5) is 42.9. The third-order valence-corrected chi connectivity index (χ3v) is 7.10. The Morgan fingerprint density at radius 1 is 0.921 bits per heavy atom. The summed E-state index contributed by atoms with van der Waals surface area (Å²) in [5.74, 6) is -0.183. The van der Waals surface area contributed by atoms with Crippen molar-refractivity contribution in [3.05, 3.63) is 70.3 Å². The maximum absolute atomic E-state index is 13.7. The molecule has 0 unspecified atom stereocenters. The number of furan rings is 2. The lowest BCUT2D eigenvalue weighted by Gasteiger charge is -2.43. The fourth-order valence-corrected chi connectivity index (χ4v) is 5.20. The van der Waals surface area contributed by atoms with Crippen LogP contribution in [0.3, 0.4) is 0 Å². The molecule has 2 aromatic heterocycles. The Bertz CT molecular complexity index is 1290. The van der Waals surface area contributed by atoms with Crippen molar-refractivity contribution in [2.75, 3.05) is 39.3 Å². The number of amides is 3. The normalized spacial score (nSPS) is 17.2. The maximum Gasteiger partial charge on any atom is 0.290 e. The zero-order valence-corrected chi connectivity index (χ0v) is 21.9. The lowest BCUT2D eigenvalue weighted by Crippen LogP contribution is -2.65. The van der Waals surface area contributed by atoms with E-state index in [1.165, 1.54) is 18.4 Å². The Balaban J connectivity index is 1.25. The molecule has 38 heavy (non-hydrogen) atoms. The lowest BCUT2D eigenvalue weighted by atomic mass is 9.86. The van der Waals surface area contributed by atoms with Gasteiger partial charge in [-0.1, -0.05) is 23.2 Å². The van der Waals surface area contributed by atoms with E-state index in [2.05, 4.69) is 10.6 Å². The SMILES string of the molecule is O=C(NC1(C(=O)N2CCN(C(=O)c3ccco3)CC2)CCNCC1)c1ccc(Oc2cc(Cl)cc(Cl)c2)o1. The van der Waals surface area contributed by atoms with Crippen LogP contribution in [-0.2, 0) is 4.79 Å². The second-order valence-corrected chi connectivity index (χ2v) is 10.0. The van der Waals surface area contributed by atoms with Gasteiger partial charge in [-0.15, -0.1) is 0 Å². The van der Waals surface area contributed by atoms with E-state index in [1.807, 2.05) is 0 Å². The first-order valence-corrected chi connectivity index (χ1v) is 13.0. The van der Waals surface area contributed by atoms with E-state index in [0.717, 1.165) is 0 Å². The molecule has 1 aromatic carbocycles. The highest BCUT2D eigenvalue weighted by molar-refractivity contribution is 6.34. The quantitative estimate of drug-likeness (QED) is 0.470. The molecule has 2 saturated heterocycles. The molecule has 5 rings (SSSR count). The van der Waals surface area contributed by atoms with E-state index in [-0.39, 0.29) is 29.3 Å². The van der Waals surface area contributed by atoms with Crippen LogP contribution in [0.15, 0.2) is 57.6 Å². The van der Waals surface area contributed by atoms with Gasteiger partial charge in [-0.25, -0.2) is 0 Å². The van der Waals surface area contributed by atoms with Gasteiger partial charge in [0.25, 0.3) is 17.8 Å². The fraction of sp³-hybridized carbons (Fsp3) is 0.346. The molecule has 3 amide bonds. The number of piperidine rings is 1. The average molecular weight is 561 g/mol. The average Bonchev–Trinajstić information content (AvgIpc) is 3.61. The first-order chi connectivity index (χ1) is 18.3. The van der Waals surface area contributed by atoms with Gasteiger partial charge < -0.3 is 34.0 Å². The molecule has 2 fully saturated rings. The second-order valence-electron chi connectivity index (χ2n) is 9.17. The van der Waals surface area contributed by atoms with Crippen LogP contribution in [0, 0.1) is 0 Å². The van der Waals surface area contributed by atoms with Crippen LogP contribution in [0.2, 0.25) is 10.0 Å². The predicted octanol–water partition coefficient (Wildman–Crippen LogP) is 3.81. The van der Waals surface area contributed by atoms with Crippen molar-refractivity contribution in [3.8, 4) is 11.7 Å². The number of nitrogens with zero attached hydrogens (tertiary/aromatic N) is 2. The highest BCUT2D eigenvalue weighted by Gasteiger charge is 2.44. The molecule has 2 N–H and O–H groups in total. The van der Waals surface area contributed by atoms with Crippen molar-refractivity contribution in [1.29, 1.82) is 0 Å². The molecule has 2 aliphatic heterocycles. The third kappa shape index (κ3) is 5.67. The molecule has 200 valence electrons. The van der Waals surface area contributed by atoms with Crippen LogP contribution in [-0.4, -0.2) is 72.3 Å². The molecule has 0 atom stereocenters. The summed E-state index contributed by atoms with van der Waals surface area (Å²) in [5.41, 5.74) is -1.09. The number of rotatable bonds is 6. The summed E-state index contributed by atoms with van der Waals surface area (Å²) in [5, 5.41) is 6.97. The molecular weight excluding hydrogens is 535 g/mol. The zero-order valence-electron chi connectivity index (χ0n) is 20.4. The third-order valence-electron chi connectivity index (χ3n) is 6.66. The van der Waals surface area contributed by atoms with Crippen LogP contribution < -0.4 is 15.4 Å². The summed E-state index contributed by atoms with van der Waals surface area (Å²) in [6.07, 6.45) is 2.31. The number of halogens is 2. The Morgan fingerprint density at radius 2 is 1.61 bits per heavy atom. The van der Waals surface area contributed by atoms with Gasteiger partial charge in [-0.05, 0) is 62.3 Å². The number of benzene rings is 1. The number of carbonyl (C=O) groups excluding carboxylic acids is 3. The number of piperazine rings is 1. The minimum atomic E-state index is -1.09. The highest BCUT2D eigenvalue weighted by atomic mass is 35.5. The van der Waals surface area contributed by atoms with E-state index in [1.54, 1.807) is 40.1 Å². The Morgan fingerprint density at radius 3 is 2.26 bits per heavy atom. The standard InChI is InChI=1S/C26H26Cl2N4O6/c27-17-14-18(28)16-19(15-17)37-22-4-3-20(38-22)23(33)30-26(5-7-29-8-6-26)25(35)32-11-9-31(10-12-32)24(34)21-2-1-13-36-21/h1-4,13-16,29H,5-12H2,(H,30,33). The molecule has 2 aliphatic rings. The number of nitrogens with one attached hydrogen (secondary N) is 2. The molecular formula is C26H26Cl2N4O6.